The number of nitrogens with one attached hydrogen (secondary N) is 1. The van der Waals surface area contributed by atoms with E-state index in [0.717, 1.165) is 5.69 Å². The van der Waals surface area contributed by atoms with Crippen molar-refractivity contribution >= 4 is 5.91 Å². The van der Waals surface area contributed by atoms with Gasteiger partial charge in [-0.1, -0.05) is 18.2 Å². The number of para-hydroxylation sites is 2. The van der Waals surface area contributed by atoms with Gasteiger partial charge in [-0.05, 0) is 42.8 Å². The molecule has 0 aliphatic carbocycles. The Morgan fingerprint density at radius 3 is 2.72 bits per heavy atom. The number of hydrogen-bond acceptors (Lipinski definition) is 6. The first-order chi connectivity index (χ1) is 14.1. The number of fused-ring (bicyclic) bond motifs is 1. The van der Waals surface area contributed by atoms with Gasteiger partial charge in [0.1, 0.15) is 12.2 Å². The normalized spacial score (nSPS) is 15.0. The van der Waals surface area contributed by atoms with Gasteiger partial charge in [0.25, 0.3) is 5.91 Å². The number of carbonyl (C=O) groups excluding carboxylic acids is 1. The first-order valence-electron chi connectivity index (χ1n) is 9.33. The zero-order valence-corrected chi connectivity index (χ0v) is 15.9. The third kappa shape index (κ3) is 4.13. The van der Waals surface area contributed by atoms with E-state index in [-0.39, 0.29) is 12.2 Å². The van der Waals surface area contributed by atoms with Crippen molar-refractivity contribution in [3.05, 3.63) is 87.7 Å². The number of amides is 1. The van der Waals surface area contributed by atoms with Crippen LogP contribution in [-0.4, -0.2) is 24.0 Å². The summed E-state index contributed by atoms with van der Waals surface area (Å²) < 4.78 is 16.9. The number of benzene rings is 1. The lowest BCUT2D eigenvalue weighted by molar-refractivity contribution is 0.0721. The largest absolute Gasteiger partial charge is 0.485 e. The molecular weight excluding hydrogens is 372 g/mol. The van der Waals surface area contributed by atoms with Crippen molar-refractivity contribution in [3.63, 3.8) is 0 Å². The monoisotopic (exact) mass is 392 g/mol. The van der Waals surface area contributed by atoms with Gasteiger partial charge in [-0.15, -0.1) is 0 Å². The van der Waals surface area contributed by atoms with Crippen molar-refractivity contribution in [1.82, 2.24) is 10.3 Å². The van der Waals surface area contributed by atoms with Gasteiger partial charge in [0.2, 0.25) is 0 Å². The molecule has 0 saturated carbocycles. The molecule has 3 heterocycles. The van der Waals surface area contributed by atoms with Crippen LogP contribution in [0.25, 0.3) is 0 Å². The molecule has 1 amide bonds. The zero-order valence-electron chi connectivity index (χ0n) is 15.9. The van der Waals surface area contributed by atoms with Crippen molar-refractivity contribution < 1.29 is 18.7 Å². The molecule has 0 fully saturated rings. The summed E-state index contributed by atoms with van der Waals surface area (Å²) in [5.74, 6) is 1.09. The average molecular weight is 392 g/mol. The van der Waals surface area contributed by atoms with E-state index in [0.29, 0.717) is 35.8 Å². The van der Waals surface area contributed by atoms with Gasteiger partial charge in [0.05, 0.1) is 0 Å². The first-order valence-corrected chi connectivity index (χ1v) is 9.33. The number of aromatic nitrogens is 1. The maximum atomic E-state index is 12.5. The van der Waals surface area contributed by atoms with Gasteiger partial charge in [-0.2, -0.15) is 0 Å². The van der Waals surface area contributed by atoms with Crippen LogP contribution in [0.4, 0.5) is 0 Å². The molecule has 7 nitrogen and oxygen atoms in total. The minimum Gasteiger partial charge on any atom is -0.485 e. The summed E-state index contributed by atoms with van der Waals surface area (Å²) in [4.78, 5) is 29.2. The van der Waals surface area contributed by atoms with E-state index in [9.17, 15) is 9.59 Å². The highest BCUT2D eigenvalue weighted by Gasteiger charge is 2.26. The molecule has 1 N–H and O–H groups in total. The summed E-state index contributed by atoms with van der Waals surface area (Å²) in [6.07, 6.45) is 1.71. The lowest BCUT2D eigenvalue weighted by Crippen LogP contribution is -2.32. The molecule has 29 heavy (non-hydrogen) atoms. The number of nitrogens with zero attached hydrogens (tertiary/aromatic N) is 1. The van der Waals surface area contributed by atoms with Crippen LogP contribution in [0.15, 0.2) is 63.9 Å². The summed E-state index contributed by atoms with van der Waals surface area (Å²) in [6.45, 7) is 2.29. The van der Waals surface area contributed by atoms with Gasteiger partial charge < -0.3 is 19.2 Å². The molecule has 1 aliphatic rings. The van der Waals surface area contributed by atoms with Crippen LogP contribution in [0.3, 0.4) is 0 Å². The van der Waals surface area contributed by atoms with Crippen molar-refractivity contribution in [2.75, 3.05) is 13.2 Å². The van der Waals surface area contributed by atoms with Crippen LogP contribution < -0.4 is 20.4 Å². The van der Waals surface area contributed by atoms with Crippen molar-refractivity contribution in [1.29, 1.82) is 0 Å². The molecule has 0 saturated heterocycles. The van der Waals surface area contributed by atoms with Gasteiger partial charge in [-0.3, -0.25) is 9.78 Å². The second-order valence-corrected chi connectivity index (χ2v) is 6.69. The Morgan fingerprint density at radius 1 is 1.17 bits per heavy atom. The second kappa shape index (κ2) is 8.18. The third-order valence-electron chi connectivity index (χ3n) is 4.61. The Morgan fingerprint density at radius 2 is 1.97 bits per heavy atom. The third-order valence-corrected chi connectivity index (χ3v) is 4.61. The molecule has 1 unspecified atom stereocenters. The predicted octanol–water partition coefficient (Wildman–Crippen LogP) is 2.83. The fourth-order valence-corrected chi connectivity index (χ4v) is 3.16. The molecule has 1 aliphatic heterocycles. The number of rotatable bonds is 5. The fraction of sp³-hybridized carbons (Fsp3) is 0.227. The second-order valence-electron chi connectivity index (χ2n) is 6.69. The van der Waals surface area contributed by atoms with E-state index in [1.165, 1.54) is 0 Å². The van der Waals surface area contributed by atoms with Gasteiger partial charge in [-0.25, -0.2) is 4.79 Å². The molecule has 7 heteroatoms. The topological polar surface area (TPSA) is 90.7 Å². The summed E-state index contributed by atoms with van der Waals surface area (Å²) >= 11 is 0. The standard InChI is InChI=1S/C22H20N2O5/c1-14-12-18(19-13-27-16-7-2-3-8-17(16)28-19)29-22(26)20(14)21(25)24-11-9-15-6-4-5-10-23-15/h2-8,10,12,19H,9,11,13H2,1H3,(H,24,25). The number of pyridine rings is 1. The van der Waals surface area contributed by atoms with Crippen LogP contribution in [-0.2, 0) is 6.42 Å². The molecule has 3 aromatic rings. The van der Waals surface area contributed by atoms with Crippen LogP contribution >= 0.6 is 0 Å². The van der Waals surface area contributed by atoms with Crippen LogP contribution in [0.2, 0.25) is 0 Å². The van der Waals surface area contributed by atoms with E-state index in [2.05, 4.69) is 10.3 Å². The number of aryl methyl sites for hydroxylation is 1. The van der Waals surface area contributed by atoms with Crippen molar-refractivity contribution in [2.24, 2.45) is 0 Å². The molecule has 0 bridgehead atoms. The maximum Gasteiger partial charge on any atom is 0.349 e. The highest BCUT2D eigenvalue weighted by Crippen LogP contribution is 2.35. The zero-order chi connectivity index (χ0) is 20.2. The van der Waals surface area contributed by atoms with E-state index in [4.69, 9.17) is 13.9 Å². The van der Waals surface area contributed by atoms with Crippen LogP contribution in [0.1, 0.15) is 33.5 Å². The molecule has 4 rings (SSSR count). The molecule has 148 valence electrons. The lowest BCUT2D eigenvalue weighted by Gasteiger charge is -2.25. The predicted molar refractivity (Wildman–Crippen MR) is 105 cm³/mol. The summed E-state index contributed by atoms with van der Waals surface area (Å²) in [5, 5.41) is 2.75. The summed E-state index contributed by atoms with van der Waals surface area (Å²) in [6, 6.07) is 14.5. The van der Waals surface area contributed by atoms with E-state index in [1.54, 1.807) is 25.3 Å². The average Bonchev–Trinajstić information content (AvgIpc) is 2.73. The van der Waals surface area contributed by atoms with Crippen molar-refractivity contribution in [3.8, 4) is 11.5 Å². The molecule has 0 radical (unpaired) electrons. The molecule has 2 aromatic heterocycles. The highest BCUT2D eigenvalue weighted by molar-refractivity contribution is 5.95. The van der Waals surface area contributed by atoms with Gasteiger partial charge >= 0.3 is 5.63 Å². The maximum absolute atomic E-state index is 12.5. The summed E-state index contributed by atoms with van der Waals surface area (Å²) in [7, 11) is 0. The number of hydrogen-bond donors (Lipinski definition) is 1. The highest BCUT2D eigenvalue weighted by atomic mass is 16.6. The van der Waals surface area contributed by atoms with Crippen LogP contribution in [0, 0.1) is 6.92 Å². The SMILES string of the molecule is Cc1cc(C2COc3ccccc3O2)oc(=O)c1C(=O)NCCc1ccccn1. The molecule has 1 atom stereocenters. The Labute approximate surface area is 167 Å². The van der Waals surface area contributed by atoms with E-state index >= 15 is 0 Å². The number of carbonyl (C=O) groups is 1. The first kappa shape index (κ1) is 18.7. The van der Waals surface area contributed by atoms with E-state index in [1.807, 2.05) is 36.4 Å². The Kier molecular flexibility index (Phi) is 5.29. The molecule has 0 spiro atoms. The Bertz CT molecular complexity index is 1080. The quantitative estimate of drug-likeness (QED) is 0.718. The van der Waals surface area contributed by atoms with E-state index < -0.39 is 17.6 Å². The Hall–Kier alpha value is -3.61. The van der Waals surface area contributed by atoms with Gasteiger partial charge in [0, 0.05) is 24.9 Å². The Balaban J connectivity index is 1.46. The van der Waals surface area contributed by atoms with Crippen LogP contribution in [0.5, 0.6) is 11.5 Å². The molecule has 1 aromatic carbocycles. The molecular formula is C22H20N2O5. The number of ether oxygens (including phenoxy) is 2. The van der Waals surface area contributed by atoms with Crippen molar-refractivity contribution in [2.45, 2.75) is 19.4 Å². The summed E-state index contributed by atoms with van der Waals surface area (Å²) in [5.41, 5.74) is 0.681. The minimum atomic E-state index is -0.696. The fourth-order valence-electron chi connectivity index (χ4n) is 3.16. The van der Waals surface area contributed by atoms with Gasteiger partial charge in [0.15, 0.2) is 23.4 Å². The lowest BCUT2D eigenvalue weighted by atomic mass is 10.1. The minimum absolute atomic E-state index is 0.00750. The smallest absolute Gasteiger partial charge is 0.349 e.